The van der Waals surface area contributed by atoms with Gasteiger partial charge in [-0.15, -0.1) is 0 Å². The number of nitrogens with one attached hydrogen (secondary N) is 1. The van der Waals surface area contributed by atoms with E-state index in [1.54, 1.807) is 24.3 Å². The number of aliphatic carboxylic acids is 1. The minimum Gasteiger partial charge on any atom is -0.505 e. The Morgan fingerprint density at radius 2 is 2.05 bits per heavy atom. The number of hydrogen-bond acceptors (Lipinski definition) is 4. The van der Waals surface area contributed by atoms with Crippen LogP contribution in [0.3, 0.4) is 0 Å². The van der Waals surface area contributed by atoms with E-state index in [-0.39, 0.29) is 17.7 Å². The summed E-state index contributed by atoms with van der Waals surface area (Å²) in [5.74, 6) is -1.65. The Bertz CT molecular complexity index is 655. The molecule has 0 bridgehead atoms. The van der Waals surface area contributed by atoms with Crippen molar-refractivity contribution in [1.82, 2.24) is 4.98 Å². The van der Waals surface area contributed by atoms with Gasteiger partial charge < -0.3 is 15.5 Å². The number of amides is 1. The van der Waals surface area contributed by atoms with Crippen molar-refractivity contribution in [3.05, 3.63) is 53.9 Å². The molecule has 0 saturated heterocycles. The predicted molar refractivity (Wildman–Crippen MR) is 71.6 cm³/mol. The molecule has 102 valence electrons. The smallest absolute Gasteiger partial charge is 0.307 e. The molecule has 3 N–H and O–H groups in total. The van der Waals surface area contributed by atoms with E-state index < -0.39 is 11.9 Å². The molecule has 1 amide bonds. The summed E-state index contributed by atoms with van der Waals surface area (Å²) >= 11 is 0. The molecule has 1 heterocycles. The summed E-state index contributed by atoms with van der Waals surface area (Å²) in [5.41, 5.74) is 1.14. The topological polar surface area (TPSA) is 99.5 Å². The van der Waals surface area contributed by atoms with Crippen LogP contribution < -0.4 is 5.32 Å². The van der Waals surface area contributed by atoms with E-state index in [4.69, 9.17) is 5.11 Å². The Morgan fingerprint density at radius 3 is 2.75 bits per heavy atom. The third kappa shape index (κ3) is 3.32. The molecule has 1 aromatic heterocycles. The number of rotatable bonds is 4. The molecule has 0 aliphatic heterocycles. The van der Waals surface area contributed by atoms with E-state index in [0.29, 0.717) is 11.3 Å². The Balaban J connectivity index is 2.16. The van der Waals surface area contributed by atoms with Gasteiger partial charge >= 0.3 is 5.97 Å². The second kappa shape index (κ2) is 5.83. The van der Waals surface area contributed by atoms with Crippen molar-refractivity contribution in [2.75, 3.05) is 5.32 Å². The van der Waals surface area contributed by atoms with Crippen molar-refractivity contribution < 1.29 is 19.8 Å². The van der Waals surface area contributed by atoms with Crippen molar-refractivity contribution in [1.29, 1.82) is 0 Å². The Hall–Kier alpha value is -2.89. The van der Waals surface area contributed by atoms with Gasteiger partial charge in [0.2, 0.25) is 0 Å². The molecule has 0 unspecified atom stereocenters. The van der Waals surface area contributed by atoms with Crippen LogP contribution in [0.5, 0.6) is 5.75 Å². The van der Waals surface area contributed by atoms with Gasteiger partial charge in [-0.1, -0.05) is 12.1 Å². The van der Waals surface area contributed by atoms with Crippen LogP contribution in [0.2, 0.25) is 0 Å². The maximum Gasteiger partial charge on any atom is 0.307 e. The first kappa shape index (κ1) is 13.5. The lowest BCUT2D eigenvalue weighted by atomic mass is 10.1. The van der Waals surface area contributed by atoms with Crippen molar-refractivity contribution in [3.63, 3.8) is 0 Å². The van der Waals surface area contributed by atoms with E-state index in [1.165, 1.54) is 18.5 Å². The summed E-state index contributed by atoms with van der Waals surface area (Å²) < 4.78 is 0. The summed E-state index contributed by atoms with van der Waals surface area (Å²) in [4.78, 5) is 26.3. The zero-order valence-electron chi connectivity index (χ0n) is 10.4. The number of carboxylic acid groups (broad SMARTS) is 1. The minimum atomic E-state index is -0.944. The van der Waals surface area contributed by atoms with E-state index in [1.807, 2.05) is 0 Å². The highest BCUT2D eigenvalue weighted by Gasteiger charge is 2.11. The van der Waals surface area contributed by atoms with Gasteiger partial charge in [0.25, 0.3) is 5.91 Å². The van der Waals surface area contributed by atoms with Crippen molar-refractivity contribution in [3.8, 4) is 5.75 Å². The van der Waals surface area contributed by atoms with Gasteiger partial charge in [0.1, 0.15) is 5.75 Å². The zero-order chi connectivity index (χ0) is 14.5. The number of hydrogen-bond donors (Lipinski definition) is 3. The molecule has 0 radical (unpaired) electrons. The number of aromatic nitrogens is 1. The first-order chi connectivity index (χ1) is 9.56. The SMILES string of the molecule is O=C(O)Cc1cccc(NC(=O)c2ccncc2O)c1. The van der Waals surface area contributed by atoms with E-state index in [0.717, 1.165) is 0 Å². The number of carbonyl (C=O) groups is 2. The maximum atomic E-state index is 12.0. The number of nitrogens with zero attached hydrogens (tertiary/aromatic N) is 1. The average Bonchev–Trinajstić information content (AvgIpc) is 2.38. The third-order valence-corrected chi connectivity index (χ3v) is 2.58. The molecule has 0 aliphatic carbocycles. The number of carboxylic acids is 1. The molecule has 0 aliphatic rings. The second-order valence-electron chi connectivity index (χ2n) is 4.12. The molecule has 0 atom stereocenters. The second-order valence-corrected chi connectivity index (χ2v) is 4.12. The van der Waals surface area contributed by atoms with E-state index in [9.17, 15) is 14.7 Å². The van der Waals surface area contributed by atoms with Crippen molar-refractivity contribution in [2.24, 2.45) is 0 Å². The summed E-state index contributed by atoms with van der Waals surface area (Å²) in [6.45, 7) is 0. The monoisotopic (exact) mass is 272 g/mol. The molecule has 0 spiro atoms. The number of anilines is 1. The van der Waals surface area contributed by atoms with Crippen LogP contribution >= 0.6 is 0 Å². The first-order valence-electron chi connectivity index (χ1n) is 5.81. The summed E-state index contributed by atoms with van der Waals surface area (Å²) in [7, 11) is 0. The number of benzene rings is 1. The van der Waals surface area contributed by atoms with Gasteiger partial charge in [0.05, 0.1) is 18.2 Å². The highest BCUT2D eigenvalue weighted by molar-refractivity contribution is 6.06. The predicted octanol–water partition coefficient (Wildman–Crippen LogP) is 1.67. The van der Waals surface area contributed by atoms with Gasteiger partial charge in [-0.2, -0.15) is 0 Å². The molecule has 0 saturated carbocycles. The first-order valence-corrected chi connectivity index (χ1v) is 5.81. The highest BCUT2D eigenvalue weighted by atomic mass is 16.4. The minimum absolute atomic E-state index is 0.101. The zero-order valence-corrected chi connectivity index (χ0v) is 10.4. The summed E-state index contributed by atoms with van der Waals surface area (Å²) in [6, 6.07) is 7.92. The van der Waals surface area contributed by atoms with Gasteiger partial charge in [0.15, 0.2) is 0 Å². The van der Waals surface area contributed by atoms with Gasteiger partial charge in [-0.05, 0) is 23.8 Å². The lowest BCUT2D eigenvalue weighted by molar-refractivity contribution is -0.136. The number of pyridine rings is 1. The fourth-order valence-corrected chi connectivity index (χ4v) is 1.71. The lowest BCUT2D eigenvalue weighted by Gasteiger charge is -2.07. The number of aromatic hydroxyl groups is 1. The van der Waals surface area contributed by atoms with Crippen LogP contribution in [0.25, 0.3) is 0 Å². The average molecular weight is 272 g/mol. The molecule has 1 aromatic carbocycles. The van der Waals surface area contributed by atoms with E-state index in [2.05, 4.69) is 10.3 Å². The lowest BCUT2D eigenvalue weighted by Crippen LogP contribution is -2.12. The van der Waals surface area contributed by atoms with Crippen LogP contribution in [0.4, 0.5) is 5.69 Å². The Labute approximate surface area is 114 Å². The van der Waals surface area contributed by atoms with Crippen molar-refractivity contribution in [2.45, 2.75) is 6.42 Å². The molecular weight excluding hydrogens is 260 g/mol. The molecule has 2 aromatic rings. The molecule has 6 heteroatoms. The van der Waals surface area contributed by atoms with Gasteiger partial charge in [-0.25, -0.2) is 0 Å². The largest absolute Gasteiger partial charge is 0.505 e. The fourth-order valence-electron chi connectivity index (χ4n) is 1.71. The summed E-state index contributed by atoms with van der Waals surface area (Å²) in [5, 5.41) is 20.9. The summed E-state index contributed by atoms with van der Waals surface area (Å²) in [6.07, 6.45) is 2.45. The third-order valence-electron chi connectivity index (χ3n) is 2.58. The Morgan fingerprint density at radius 1 is 1.25 bits per heavy atom. The van der Waals surface area contributed by atoms with Crippen LogP contribution in [-0.4, -0.2) is 27.1 Å². The van der Waals surface area contributed by atoms with Crippen LogP contribution in [-0.2, 0) is 11.2 Å². The van der Waals surface area contributed by atoms with Crippen LogP contribution in [0.1, 0.15) is 15.9 Å². The van der Waals surface area contributed by atoms with E-state index >= 15 is 0 Å². The molecule has 0 fully saturated rings. The van der Waals surface area contributed by atoms with Crippen LogP contribution in [0.15, 0.2) is 42.7 Å². The van der Waals surface area contributed by atoms with Gasteiger partial charge in [0, 0.05) is 11.9 Å². The quantitative estimate of drug-likeness (QED) is 0.786. The number of carbonyl (C=O) groups excluding carboxylic acids is 1. The highest BCUT2D eigenvalue weighted by Crippen LogP contribution is 2.17. The van der Waals surface area contributed by atoms with Gasteiger partial charge in [-0.3, -0.25) is 14.6 Å². The van der Waals surface area contributed by atoms with Crippen molar-refractivity contribution >= 4 is 17.6 Å². The normalized spacial score (nSPS) is 10.0. The maximum absolute atomic E-state index is 12.0. The van der Waals surface area contributed by atoms with Crippen LogP contribution in [0, 0.1) is 0 Å². The molecule has 20 heavy (non-hydrogen) atoms. The molecule has 2 rings (SSSR count). The fraction of sp³-hybridized carbons (Fsp3) is 0.0714. The molecule has 6 nitrogen and oxygen atoms in total. The standard InChI is InChI=1S/C14H12N2O4/c17-12-8-15-5-4-11(12)14(20)16-10-3-1-2-9(6-10)7-13(18)19/h1-6,8,17H,7H2,(H,16,20)(H,18,19). The Kier molecular flexibility index (Phi) is 3.95. The molecular formula is C14H12N2O4.